The van der Waals surface area contributed by atoms with Gasteiger partial charge in [-0.2, -0.15) is 11.8 Å². The lowest BCUT2D eigenvalue weighted by molar-refractivity contribution is -0.119. The van der Waals surface area contributed by atoms with E-state index in [1.165, 1.54) is 24.3 Å². The maximum Gasteiger partial charge on any atom is 0.134 e. The van der Waals surface area contributed by atoms with E-state index in [9.17, 15) is 4.79 Å². The third kappa shape index (κ3) is 4.38. The molecule has 1 nitrogen and oxygen atoms in total. The predicted molar refractivity (Wildman–Crippen MR) is 57.7 cm³/mol. The molecular formula is C11H16OS. The van der Waals surface area contributed by atoms with Crippen LogP contribution in [0.4, 0.5) is 0 Å². The standard InChI is InChI=1S/C11H16OS/c1-2-3-4-11(12)9-10-5-7-13-8-6-10/h1,10H,3-9H2. The highest BCUT2D eigenvalue weighted by atomic mass is 32.2. The number of hydrogen-bond acceptors (Lipinski definition) is 2. The van der Waals surface area contributed by atoms with Gasteiger partial charge in [-0.15, -0.1) is 12.3 Å². The lowest BCUT2D eigenvalue weighted by atomic mass is 9.95. The fourth-order valence-electron chi connectivity index (χ4n) is 1.59. The summed E-state index contributed by atoms with van der Waals surface area (Å²) in [5, 5.41) is 0. The Morgan fingerprint density at radius 1 is 1.46 bits per heavy atom. The van der Waals surface area contributed by atoms with Crippen molar-refractivity contribution in [2.75, 3.05) is 11.5 Å². The number of rotatable bonds is 4. The SMILES string of the molecule is C#CCCC(=O)CC1CCSCC1. The molecule has 0 aromatic heterocycles. The number of terminal acetylenes is 1. The van der Waals surface area contributed by atoms with E-state index in [1.807, 2.05) is 11.8 Å². The van der Waals surface area contributed by atoms with E-state index < -0.39 is 0 Å². The highest BCUT2D eigenvalue weighted by Crippen LogP contribution is 2.25. The maximum absolute atomic E-state index is 11.4. The van der Waals surface area contributed by atoms with Gasteiger partial charge in [-0.3, -0.25) is 4.79 Å². The van der Waals surface area contributed by atoms with Crippen LogP contribution in [0.15, 0.2) is 0 Å². The minimum atomic E-state index is 0.356. The summed E-state index contributed by atoms with van der Waals surface area (Å²) in [5.41, 5.74) is 0. The van der Waals surface area contributed by atoms with Gasteiger partial charge >= 0.3 is 0 Å². The van der Waals surface area contributed by atoms with Crippen molar-refractivity contribution in [2.24, 2.45) is 5.92 Å². The summed E-state index contributed by atoms with van der Waals surface area (Å²) < 4.78 is 0. The van der Waals surface area contributed by atoms with Crippen molar-refractivity contribution < 1.29 is 4.79 Å². The molecule has 0 amide bonds. The molecule has 0 aromatic carbocycles. The summed E-state index contributed by atoms with van der Waals surface area (Å²) in [6, 6.07) is 0. The van der Waals surface area contributed by atoms with E-state index in [0.29, 0.717) is 24.5 Å². The van der Waals surface area contributed by atoms with E-state index in [4.69, 9.17) is 6.42 Å². The molecule has 0 bridgehead atoms. The quantitative estimate of drug-likeness (QED) is 0.643. The number of carbonyl (C=O) groups excluding carboxylic acids is 1. The van der Waals surface area contributed by atoms with Gasteiger partial charge in [-0.25, -0.2) is 0 Å². The van der Waals surface area contributed by atoms with Crippen molar-refractivity contribution in [3.63, 3.8) is 0 Å². The second-order valence-electron chi connectivity index (χ2n) is 3.50. The Kier molecular flexibility index (Phi) is 5.00. The molecule has 1 rings (SSSR count). The third-order valence-electron chi connectivity index (χ3n) is 2.41. The Labute approximate surface area is 84.7 Å². The smallest absolute Gasteiger partial charge is 0.134 e. The summed E-state index contributed by atoms with van der Waals surface area (Å²) in [7, 11) is 0. The van der Waals surface area contributed by atoms with E-state index >= 15 is 0 Å². The van der Waals surface area contributed by atoms with Crippen LogP contribution in [0.25, 0.3) is 0 Å². The molecule has 72 valence electrons. The number of thioether (sulfide) groups is 1. The molecule has 0 aromatic rings. The van der Waals surface area contributed by atoms with Crippen LogP contribution in [-0.4, -0.2) is 17.3 Å². The van der Waals surface area contributed by atoms with Crippen LogP contribution in [0, 0.1) is 18.3 Å². The first-order chi connectivity index (χ1) is 6.33. The van der Waals surface area contributed by atoms with Crippen LogP contribution in [0.1, 0.15) is 32.1 Å². The topological polar surface area (TPSA) is 17.1 Å². The summed E-state index contributed by atoms with van der Waals surface area (Å²) in [5.74, 6) is 5.97. The largest absolute Gasteiger partial charge is 0.300 e. The molecule has 1 aliphatic rings. The Hall–Kier alpha value is -0.420. The molecule has 2 heteroatoms. The first-order valence-corrected chi connectivity index (χ1v) is 6.01. The van der Waals surface area contributed by atoms with Gasteiger partial charge in [0.05, 0.1) is 0 Å². The average molecular weight is 196 g/mol. The molecule has 1 heterocycles. The second-order valence-corrected chi connectivity index (χ2v) is 4.73. The highest BCUT2D eigenvalue weighted by molar-refractivity contribution is 7.99. The average Bonchev–Trinajstić information content (AvgIpc) is 2.16. The normalized spacial score (nSPS) is 18.1. The molecule has 0 radical (unpaired) electrons. The Morgan fingerprint density at radius 3 is 2.77 bits per heavy atom. The van der Waals surface area contributed by atoms with Gasteiger partial charge in [-0.1, -0.05) is 0 Å². The number of ketones is 1. The minimum absolute atomic E-state index is 0.356. The number of hydrogen-bond donors (Lipinski definition) is 0. The monoisotopic (exact) mass is 196 g/mol. The number of carbonyl (C=O) groups is 1. The zero-order valence-corrected chi connectivity index (χ0v) is 8.74. The molecule has 0 atom stereocenters. The lowest BCUT2D eigenvalue weighted by Gasteiger charge is -2.20. The molecule has 0 N–H and O–H groups in total. The van der Waals surface area contributed by atoms with Crippen LogP contribution in [-0.2, 0) is 4.79 Å². The van der Waals surface area contributed by atoms with Crippen molar-refractivity contribution in [3.05, 3.63) is 0 Å². The van der Waals surface area contributed by atoms with Gasteiger partial charge < -0.3 is 0 Å². The summed E-state index contributed by atoms with van der Waals surface area (Å²) >= 11 is 2.00. The van der Waals surface area contributed by atoms with E-state index in [1.54, 1.807) is 0 Å². The van der Waals surface area contributed by atoms with Crippen LogP contribution in [0.2, 0.25) is 0 Å². The van der Waals surface area contributed by atoms with Crippen molar-refractivity contribution in [2.45, 2.75) is 32.1 Å². The highest BCUT2D eigenvalue weighted by Gasteiger charge is 2.16. The summed E-state index contributed by atoms with van der Waals surface area (Å²) in [6.07, 6.45) is 9.49. The molecule has 1 fully saturated rings. The number of Topliss-reactive ketones (excluding diaryl/α,β-unsaturated/α-hetero) is 1. The summed E-state index contributed by atoms with van der Waals surface area (Å²) in [6.45, 7) is 0. The van der Waals surface area contributed by atoms with E-state index in [-0.39, 0.29) is 0 Å². The van der Waals surface area contributed by atoms with Crippen LogP contribution in [0.3, 0.4) is 0 Å². The van der Waals surface area contributed by atoms with Crippen molar-refractivity contribution in [1.82, 2.24) is 0 Å². The lowest BCUT2D eigenvalue weighted by Crippen LogP contribution is -2.14. The fourth-order valence-corrected chi connectivity index (χ4v) is 2.79. The Bertz CT molecular complexity index is 199. The first kappa shape index (κ1) is 10.7. The predicted octanol–water partition coefficient (Wildman–Crippen LogP) is 2.50. The van der Waals surface area contributed by atoms with Crippen molar-refractivity contribution >= 4 is 17.5 Å². The van der Waals surface area contributed by atoms with Gasteiger partial charge in [0.15, 0.2) is 0 Å². The van der Waals surface area contributed by atoms with Crippen LogP contribution < -0.4 is 0 Å². The maximum atomic E-state index is 11.4. The third-order valence-corrected chi connectivity index (χ3v) is 3.45. The molecule has 13 heavy (non-hydrogen) atoms. The summed E-state index contributed by atoms with van der Waals surface area (Å²) in [4.78, 5) is 11.4. The molecule has 1 saturated heterocycles. The fraction of sp³-hybridized carbons (Fsp3) is 0.727. The van der Waals surface area contributed by atoms with E-state index in [0.717, 1.165) is 6.42 Å². The van der Waals surface area contributed by atoms with Crippen LogP contribution in [0.5, 0.6) is 0 Å². The Balaban J connectivity index is 2.15. The van der Waals surface area contributed by atoms with Gasteiger partial charge in [0, 0.05) is 19.3 Å². The molecule has 0 saturated carbocycles. The molecule has 0 spiro atoms. The van der Waals surface area contributed by atoms with Crippen LogP contribution >= 0.6 is 11.8 Å². The second kappa shape index (κ2) is 6.10. The molecule has 1 aliphatic heterocycles. The van der Waals surface area contributed by atoms with Crippen molar-refractivity contribution in [3.8, 4) is 12.3 Å². The zero-order chi connectivity index (χ0) is 9.52. The van der Waals surface area contributed by atoms with E-state index in [2.05, 4.69) is 5.92 Å². The zero-order valence-electron chi connectivity index (χ0n) is 7.92. The molecule has 0 aliphatic carbocycles. The van der Waals surface area contributed by atoms with Gasteiger partial charge in [-0.05, 0) is 30.3 Å². The minimum Gasteiger partial charge on any atom is -0.300 e. The van der Waals surface area contributed by atoms with Gasteiger partial charge in [0.2, 0.25) is 0 Å². The van der Waals surface area contributed by atoms with Gasteiger partial charge in [0.1, 0.15) is 5.78 Å². The first-order valence-electron chi connectivity index (χ1n) is 4.86. The molecular weight excluding hydrogens is 180 g/mol. The van der Waals surface area contributed by atoms with Gasteiger partial charge in [0.25, 0.3) is 0 Å². The Morgan fingerprint density at radius 2 is 2.15 bits per heavy atom. The van der Waals surface area contributed by atoms with Crippen molar-refractivity contribution in [1.29, 1.82) is 0 Å². The molecule has 0 unspecified atom stereocenters.